The summed E-state index contributed by atoms with van der Waals surface area (Å²) in [6.07, 6.45) is -10.1. The molecule has 0 amide bonds. The summed E-state index contributed by atoms with van der Waals surface area (Å²) in [6.45, 7) is 0. The number of phenols is 2. The van der Waals surface area contributed by atoms with Gasteiger partial charge in [0.1, 0.15) is 11.5 Å². The molecule has 3 nitrogen and oxygen atoms in total. The third-order valence-electron chi connectivity index (χ3n) is 2.19. The van der Waals surface area contributed by atoms with Gasteiger partial charge in [0.25, 0.3) is 0 Å². The van der Waals surface area contributed by atoms with Crippen molar-refractivity contribution in [1.82, 2.24) is 0 Å². The van der Waals surface area contributed by atoms with Gasteiger partial charge < -0.3 is 15.9 Å². The first-order valence-electron chi connectivity index (χ1n) is 4.39. The van der Waals surface area contributed by atoms with E-state index in [0.717, 1.165) is 6.07 Å². The monoisotopic (exact) mass is 275 g/mol. The Bertz CT molecular complexity index is 459. The van der Waals surface area contributed by atoms with Crippen molar-refractivity contribution < 1.29 is 36.6 Å². The van der Waals surface area contributed by atoms with Crippen molar-refractivity contribution in [2.75, 3.05) is 5.73 Å². The third kappa shape index (κ3) is 2.12. The van der Waals surface area contributed by atoms with Crippen LogP contribution in [0.5, 0.6) is 11.5 Å². The van der Waals surface area contributed by atoms with Gasteiger partial charge in [0, 0.05) is 0 Å². The molecular formula is C9H7F6NO2. The van der Waals surface area contributed by atoms with Crippen LogP contribution in [-0.2, 0) is 0 Å². The van der Waals surface area contributed by atoms with Gasteiger partial charge in [-0.1, -0.05) is 0 Å². The summed E-state index contributed by atoms with van der Waals surface area (Å²) >= 11 is 0. The molecule has 0 aliphatic carbocycles. The Balaban J connectivity index is 3.36. The molecule has 0 aromatic heterocycles. The first kappa shape index (κ1) is 14.3. The van der Waals surface area contributed by atoms with Gasteiger partial charge in [0.05, 0.1) is 11.3 Å². The number of benzene rings is 1. The van der Waals surface area contributed by atoms with Gasteiger partial charge in [0.15, 0.2) is 0 Å². The second-order valence-electron chi connectivity index (χ2n) is 3.41. The standard InChI is InChI=1S/C9H7F6NO2/c10-7(8(11,12)9(13,14)15)5-3(17)1-2-4(18)6(5)16/h1-2,7,17-18H,16H2. The van der Waals surface area contributed by atoms with Gasteiger partial charge in [-0.3, -0.25) is 0 Å². The van der Waals surface area contributed by atoms with Gasteiger partial charge in [-0.05, 0) is 12.1 Å². The molecular weight excluding hydrogens is 268 g/mol. The minimum atomic E-state index is -6.16. The van der Waals surface area contributed by atoms with E-state index in [1.54, 1.807) is 0 Å². The van der Waals surface area contributed by atoms with Gasteiger partial charge in [-0.2, -0.15) is 22.0 Å². The number of phenolic OH excluding ortho intramolecular Hbond substituents is 2. The lowest BCUT2D eigenvalue weighted by atomic mass is 10.0. The zero-order valence-electron chi connectivity index (χ0n) is 8.47. The molecule has 4 N–H and O–H groups in total. The Hall–Kier alpha value is -1.80. The molecule has 0 saturated carbocycles. The molecule has 1 aromatic carbocycles. The maximum Gasteiger partial charge on any atom is 0.456 e. The van der Waals surface area contributed by atoms with E-state index in [0.29, 0.717) is 6.07 Å². The Morgan fingerprint density at radius 3 is 1.89 bits per heavy atom. The summed E-state index contributed by atoms with van der Waals surface area (Å²) in [7, 11) is 0. The highest BCUT2D eigenvalue weighted by atomic mass is 19.4. The average Bonchev–Trinajstić information content (AvgIpc) is 2.22. The van der Waals surface area contributed by atoms with E-state index < -0.39 is 41.0 Å². The summed E-state index contributed by atoms with van der Waals surface area (Å²) in [4.78, 5) is 0. The van der Waals surface area contributed by atoms with Crippen LogP contribution in [0.3, 0.4) is 0 Å². The summed E-state index contributed by atoms with van der Waals surface area (Å²) in [5.74, 6) is -7.86. The van der Waals surface area contributed by atoms with Crippen LogP contribution in [0.4, 0.5) is 32.0 Å². The molecule has 0 bridgehead atoms. The van der Waals surface area contributed by atoms with Crippen LogP contribution in [0.15, 0.2) is 12.1 Å². The maximum atomic E-state index is 13.3. The van der Waals surface area contributed by atoms with Crippen LogP contribution in [0, 0.1) is 0 Å². The van der Waals surface area contributed by atoms with Crippen molar-refractivity contribution >= 4 is 5.69 Å². The number of alkyl halides is 6. The molecule has 0 spiro atoms. The van der Waals surface area contributed by atoms with Gasteiger partial charge >= 0.3 is 12.1 Å². The van der Waals surface area contributed by atoms with Crippen molar-refractivity contribution in [2.24, 2.45) is 0 Å². The molecule has 0 heterocycles. The van der Waals surface area contributed by atoms with Crippen LogP contribution in [-0.4, -0.2) is 22.3 Å². The molecule has 0 aliphatic heterocycles. The number of nitrogens with two attached hydrogens (primary N) is 1. The van der Waals surface area contributed by atoms with E-state index in [9.17, 15) is 26.3 Å². The van der Waals surface area contributed by atoms with Gasteiger partial charge in [-0.15, -0.1) is 0 Å². The highest BCUT2D eigenvalue weighted by molar-refractivity contribution is 5.64. The highest BCUT2D eigenvalue weighted by Gasteiger charge is 2.64. The molecule has 1 rings (SSSR count). The summed E-state index contributed by atoms with van der Waals surface area (Å²) in [5, 5.41) is 18.1. The lowest BCUT2D eigenvalue weighted by Gasteiger charge is -2.24. The minimum Gasteiger partial charge on any atom is -0.507 e. The third-order valence-corrected chi connectivity index (χ3v) is 2.19. The lowest BCUT2D eigenvalue weighted by molar-refractivity contribution is -0.305. The topological polar surface area (TPSA) is 66.5 Å². The summed E-state index contributed by atoms with van der Waals surface area (Å²) in [5.41, 5.74) is 2.39. The second-order valence-corrected chi connectivity index (χ2v) is 3.41. The van der Waals surface area contributed by atoms with Crippen LogP contribution >= 0.6 is 0 Å². The zero-order valence-corrected chi connectivity index (χ0v) is 8.47. The largest absolute Gasteiger partial charge is 0.507 e. The van der Waals surface area contributed by atoms with E-state index in [4.69, 9.17) is 15.9 Å². The first-order chi connectivity index (χ1) is 8.00. The van der Waals surface area contributed by atoms with E-state index in [2.05, 4.69) is 0 Å². The highest BCUT2D eigenvalue weighted by Crippen LogP contribution is 2.50. The molecule has 1 aromatic rings. The Morgan fingerprint density at radius 1 is 1.00 bits per heavy atom. The predicted molar refractivity (Wildman–Crippen MR) is 49.0 cm³/mol. The van der Waals surface area contributed by atoms with Crippen molar-refractivity contribution in [3.8, 4) is 11.5 Å². The number of anilines is 1. The van der Waals surface area contributed by atoms with E-state index in [-0.39, 0.29) is 0 Å². The molecule has 102 valence electrons. The van der Waals surface area contributed by atoms with Crippen molar-refractivity contribution in [3.05, 3.63) is 17.7 Å². The summed E-state index contributed by atoms with van der Waals surface area (Å²) in [6, 6.07) is 1.28. The quantitative estimate of drug-likeness (QED) is 0.336. The second kappa shape index (κ2) is 4.14. The average molecular weight is 275 g/mol. The van der Waals surface area contributed by atoms with E-state index in [1.165, 1.54) is 0 Å². The number of rotatable bonds is 2. The molecule has 9 heteroatoms. The summed E-state index contributed by atoms with van der Waals surface area (Å²) < 4.78 is 74.7. The number of nitrogen functional groups attached to an aromatic ring is 1. The molecule has 1 unspecified atom stereocenters. The van der Waals surface area contributed by atoms with Crippen molar-refractivity contribution in [1.29, 1.82) is 0 Å². The molecule has 1 atom stereocenters. The fraction of sp³-hybridized carbons (Fsp3) is 0.333. The normalized spacial score (nSPS) is 14.6. The SMILES string of the molecule is Nc1c(O)ccc(O)c1C(F)C(F)(F)C(F)(F)F. The van der Waals surface area contributed by atoms with Crippen molar-refractivity contribution in [2.45, 2.75) is 18.3 Å². The van der Waals surface area contributed by atoms with Crippen LogP contribution < -0.4 is 5.73 Å². The van der Waals surface area contributed by atoms with E-state index in [1.807, 2.05) is 0 Å². The Morgan fingerprint density at radius 2 is 1.44 bits per heavy atom. The van der Waals surface area contributed by atoms with Crippen LogP contribution in [0.25, 0.3) is 0 Å². The zero-order chi connectivity index (χ0) is 14.3. The molecule has 0 saturated heterocycles. The minimum absolute atomic E-state index is 0.556. The van der Waals surface area contributed by atoms with Crippen molar-refractivity contribution in [3.63, 3.8) is 0 Å². The fourth-order valence-electron chi connectivity index (χ4n) is 1.20. The fourth-order valence-corrected chi connectivity index (χ4v) is 1.20. The molecule has 0 fully saturated rings. The number of hydrogen-bond acceptors (Lipinski definition) is 3. The van der Waals surface area contributed by atoms with Crippen LogP contribution in [0.1, 0.15) is 11.7 Å². The number of aromatic hydroxyl groups is 2. The Kier molecular flexibility index (Phi) is 3.28. The lowest BCUT2D eigenvalue weighted by Crippen LogP contribution is -2.40. The van der Waals surface area contributed by atoms with Gasteiger partial charge in [-0.25, -0.2) is 4.39 Å². The van der Waals surface area contributed by atoms with Gasteiger partial charge in [0.2, 0.25) is 6.17 Å². The van der Waals surface area contributed by atoms with Crippen LogP contribution in [0.2, 0.25) is 0 Å². The molecule has 0 aliphatic rings. The molecule has 0 radical (unpaired) electrons. The molecule has 18 heavy (non-hydrogen) atoms. The maximum absolute atomic E-state index is 13.3. The predicted octanol–water partition coefficient (Wildman–Crippen LogP) is 2.89. The smallest absolute Gasteiger partial charge is 0.456 e. The van der Waals surface area contributed by atoms with E-state index >= 15 is 0 Å². The first-order valence-corrected chi connectivity index (χ1v) is 4.39. The Labute approximate surface area is 96.4 Å². The number of halogens is 6. The number of hydrogen-bond donors (Lipinski definition) is 3.